The molecule has 1 aromatic rings. The second-order valence-corrected chi connectivity index (χ2v) is 6.69. The first-order valence-corrected chi connectivity index (χ1v) is 10.1. The molecule has 0 aliphatic carbocycles. The van der Waals surface area contributed by atoms with Crippen LogP contribution in [0.3, 0.4) is 0 Å². The van der Waals surface area contributed by atoms with Crippen molar-refractivity contribution < 1.29 is 19.1 Å². The Kier molecular flexibility index (Phi) is 13.2. The van der Waals surface area contributed by atoms with Crippen molar-refractivity contribution in [3.8, 4) is 5.75 Å². The number of hydrogen-bond acceptors (Lipinski definition) is 4. The maximum Gasteiger partial charge on any atom is 0.311 e. The Labute approximate surface area is 158 Å². The van der Waals surface area contributed by atoms with Gasteiger partial charge in [-0.15, -0.1) is 0 Å². The lowest BCUT2D eigenvalue weighted by Crippen LogP contribution is -2.12. The molecule has 0 fully saturated rings. The van der Waals surface area contributed by atoms with Gasteiger partial charge in [-0.2, -0.15) is 0 Å². The fourth-order valence-corrected chi connectivity index (χ4v) is 2.72. The number of rotatable bonds is 15. The zero-order chi connectivity index (χ0) is 18.9. The predicted molar refractivity (Wildman–Crippen MR) is 104 cm³/mol. The Morgan fingerprint density at radius 2 is 1.27 bits per heavy atom. The molecule has 0 unspecified atom stereocenters. The summed E-state index contributed by atoms with van der Waals surface area (Å²) < 4.78 is 10.3. The molecular weight excluding hydrogens is 328 g/mol. The summed E-state index contributed by atoms with van der Waals surface area (Å²) in [7, 11) is 0. The number of unbranched alkanes of at least 4 members (excludes halogenated alkanes) is 9. The first-order chi connectivity index (χ1) is 12.7. The highest BCUT2D eigenvalue weighted by molar-refractivity contribution is 5.78. The van der Waals surface area contributed by atoms with Gasteiger partial charge in [0.15, 0.2) is 0 Å². The highest BCUT2D eigenvalue weighted by atomic mass is 16.5. The van der Waals surface area contributed by atoms with Gasteiger partial charge in [-0.1, -0.05) is 82.9 Å². The molecule has 0 amide bonds. The molecule has 146 valence electrons. The molecular formula is C22H34O4. The molecule has 26 heavy (non-hydrogen) atoms. The minimum absolute atomic E-state index is 0.0474. The van der Waals surface area contributed by atoms with Gasteiger partial charge in [0, 0.05) is 0 Å². The molecule has 0 spiro atoms. The predicted octanol–water partition coefficient (Wildman–Crippen LogP) is 5.84. The van der Waals surface area contributed by atoms with E-state index in [2.05, 4.69) is 6.92 Å². The van der Waals surface area contributed by atoms with Gasteiger partial charge in [-0.05, 0) is 18.6 Å². The Hall–Kier alpha value is -1.84. The van der Waals surface area contributed by atoms with E-state index in [4.69, 9.17) is 9.47 Å². The summed E-state index contributed by atoms with van der Waals surface area (Å²) in [6, 6.07) is 8.86. The van der Waals surface area contributed by atoms with Crippen molar-refractivity contribution in [3.63, 3.8) is 0 Å². The Balaban J connectivity index is 1.90. The maximum atomic E-state index is 11.6. The van der Waals surface area contributed by atoms with Crippen molar-refractivity contribution in [2.75, 3.05) is 6.61 Å². The molecule has 0 bridgehead atoms. The minimum Gasteiger partial charge on any atom is -0.466 e. The van der Waals surface area contributed by atoms with E-state index >= 15 is 0 Å². The number of benzene rings is 1. The zero-order valence-corrected chi connectivity index (χ0v) is 16.2. The minimum atomic E-state index is -0.410. The molecule has 4 nitrogen and oxygen atoms in total. The van der Waals surface area contributed by atoms with E-state index in [1.165, 1.54) is 51.4 Å². The van der Waals surface area contributed by atoms with Crippen LogP contribution in [0.5, 0.6) is 5.75 Å². The summed E-state index contributed by atoms with van der Waals surface area (Å²) in [4.78, 5) is 23.3. The molecule has 0 saturated heterocycles. The zero-order valence-electron chi connectivity index (χ0n) is 16.2. The summed E-state index contributed by atoms with van der Waals surface area (Å²) in [6.07, 6.45) is 12.6. The second kappa shape index (κ2) is 15.4. The van der Waals surface area contributed by atoms with E-state index < -0.39 is 5.97 Å². The molecule has 1 rings (SSSR count). The van der Waals surface area contributed by atoms with Crippen LogP contribution in [0.1, 0.15) is 84.0 Å². The van der Waals surface area contributed by atoms with Crippen LogP contribution in [0, 0.1) is 0 Å². The monoisotopic (exact) mass is 362 g/mol. The van der Waals surface area contributed by atoms with Gasteiger partial charge in [0.1, 0.15) is 5.75 Å². The van der Waals surface area contributed by atoms with E-state index in [9.17, 15) is 9.59 Å². The molecule has 0 aliphatic rings. The lowest BCUT2D eigenvalue weighted by Gasteiger charge is -2.06. The third kappa shape index (κ3) is 12.5. The normalized spacial score (nSPS) is 10.5. The van der Waals surface area contributed by atoms with Gasteiger partial charge in [0.25, 0.3) is 0 Å². The van der Waals surface area contributed by atoms with Gasteiger partial charge in [0.2, 0.25) is 0 Å². The van der Waals surface area contributed by atoms with Gasteiger partial charge in [0.05, 0.1) is 19.4 Å². The van der Waals surface area contributed by atoms with Crippen molar-refractivity contribution >= 4 is 11.9 Å². The first kappa shape index (κ1) is 22.2. The van der Waals surface area contributed by atoms with Crippen LogP contribution in [0.25, 0.3) is 0 Å². The van der Waals surface area contributed by atoms with Crippen LogP contribution in [0.2, 0.25) is 0 Å². The average molecular weight is 363 g/mol. The van der Waals surface area contributed by atoms with Crippen molar-refractivity contribution in [1.82, 2.24) is 0 Å². The summed E-state index contributed by atoms with van der Waals surface area (Å²) in [6.45, 7) is 2.69. The third-order valence-corrected chi connectivity index (χ3v) is 4.27. The molecule has 0 heterocycles. The number of para-hydroxylation sites is 1. The molecule has 4 heteroatoms. The number of carbonyl (C=O) groups is 2. The second-order valence-electron chi connectivity index (χ2n) is 6.69. The van der Waals surface area contributed by atoms with Crippen LogP contribution >= 0.6 is 0 Å². The SMILES string of the molecule is CCCCCCCCCCCCOC(=O)CCC(=O)Oc1ccccc1. The summed E-state index contributed by atoms with van der Waals surface area (Å²) in [5.41, 5.74) is 0. The van der Waals surface area contributed by atoms with Crippen LogP contribution < -0.4 is 4.74 Å². The largest absolute Gasteiger partial charge is 0.466 e. The van der Waals surface area contributed by atoms with Gasteiger partial charge in [-0.25, -0.2) is 0 Å². The molecule has 0 atom stereocenters. The van der Waals surface area contributed by atoms with E-state index in [1.807, 2.05) is 6.07 Å². The summed E-state index contributed by atoms with van der Waals surface area (Å²) in [5.74, 6) is -0.241. The van der Waals surface area contributed by atoms with Crippen LogP contribution in [0.4, 0.5) is 0 Å². The highest BCUT2D eigenvalue weighted by Crippen LogP contribution is 2.11. The van der Waals surface area contributed by atoms with Crippen LogP contribution in [-0.4, -0.2) is 18.5 Å². The van der Waals surface area contributed by atoms with Crippen LogP contribution in [-0.2, 0) is 14.3 Å². The fraction of sp³-hybridized carbons (Fsp3) is 0.636. The van der Waals surface area contributed by atoms with Gasteiger partial charge in [-0.3, -0.25) is 9.59 Å². The quantitative estimate of drug-likeness (QED) is 0.223. The van der Waals surface area contributed by atoms with Crippen molar-refractivity contribution in [2.45, 2.75) is 84.0 Å². The summed E-state index contributed by atoms with van der Waals surface area (Å²) >= 11 is 0. The fourth-order valence-electron chi connectivity index (χ4n) is 2.72. The average Bonchev–Trinajstić information content (AvgIpc) is 2.65. The first-order valence-electron chi connectivity index (χ1n) is 10.1. The molecule has 0 aromatic heterocycles. The topological polar surface area (TPSA) is 52.6 Å². The molecule has 0 aliphatic heterocycles. The third-order valence-electron chi connectivity index (χ3n) is 4.27. The smallest absolute Gasteiger partial charge is 0.311 e. The summed E-state index contributed by atoms with van der Waals surface area (Å²) in [5, 5.41) is 0. The molecule has 0 saturated carbocycles. The number of esters is 2. The lowest BCUT2D eigenvalue weighted by atomic mass is 10.1. The van der Waals surface area contributed by atoms with E-state index in [0.717, 1.165) is 12.8 Å². The van der Waals surface area contributed by atoms with Crippen molar-refractivity contribution in [2.24, 2.45) is 0 Å². The number of carbonyl (C=O) groups excluding carboxylic acids is 2. The molecule has 0 N–H and O–H groups in total. The van der Waals surface area contributed by atoms with Crippen molar-refractivity contribution in [1.29, 1.82) is 0 Å². The molecule has 1 aromatic carbocycles. The van der Waals surface area contributed by atoms with E-state index in [0.29, 0.717) is 12.4 Å². The Morgan fingerprint density at radius 1 is 0.731 bits per heavy atom. The van der Waals surface area contributed by atoms with Gasteiger partial charge < -0.3 is 9.47 Å². The maximum absolute atomic E-state index is 11.6. The lowest BCUT2D eigenvalue weighted by molar-refractivity contribution is -0.147. The Morgan fingerprint density at radius 3 is 1.88 bits per heavy atom. The molecule has 0 radical (unpaired) electrons. The van der Waals surface area contributed by atoms with E-state index in [1.54, 1.807) is 24.3 Å². The number of hydrogen-bond donors (Lipinski definition) is 0. The van der Waals surface area contributed by atoms with E-state index in [-0.39, 0.29) is 18.8 Å². The van der Waals surface area contributed by atoms with Crippen molar-refractivity contribution in [3.05, 3.63) is 30.3 Å². The standard InChI is InChI=1S/C22H34O4/c1-2-3-4-5-6-7-8-9-10-14-19-25-21(23)17-18-22(24)26-20-15-12-11-13-16-20/h11-13,15-16H,2-10,14,17-19H2,1H3. The van der Waals surface area contributed by atoms with Crippen LogP contribution in [0.15, 0.2) is 30.3 Å². The number of ether oxygens (including phenoxy) is 2. The van der Waals surface area contributed by atoms with Gasteiger partial charge >= 0.3 is 11.9 Å². The highest BCUT2D eigenvalue weighted by Gasteiger charge is 2.09. The Bertz CT molecular complexity index is 484.